The van der Waals surface area contributed by atoms with Crippen LogP contribution >= 0.6 is 0 Å². The van der Waals surface area contributed by atoms with Crippen LogP contribution in [0.5, 0.6) is 0 Å². The lowest BCUT2D eigenvalue weighted by atomic mass is 10.2. The molecule has 0 aliphatic carbocycles. The zero-order chi connectivity index (χ0) is 13.1. The summed E-state index contributed by atoms with van der Waals surface area (Å²) in [5, 5.41) is 2.13. The van der Waals surface area contributed by atoms with Gasteiger partial charge in [0.15, 0.2) is 0 Å². The van der Waals surface area contributed by atoms with E-state index >= 15 is 0 Å². The van der Waals surface area contributed by atoms with Crippen molar-refractivity contribution in [3.05, 3.63) is 48.8 Å². The highest BCUT2D eigenvalue weighted by Crippen LogP contribution is 2.22. The lowest BCUT2D eigenvalue weighted by Gasteiger charge is -2.28. The highest BCUT2D eigenvalue weighted by atomic mass is 16.5. The summed E-state index contributed by atoms with van der Waals surface area (Å²) in [6, 6.07) is 3.99. The highest BCUT2D eigenvalue weighted by molar-refractivity contribution is 5.59. The number of hydrogen-bond donors (Lipinski definition) is 0. The monoisotopic (exact) mass is 256 g/mol. The van der Waals surface area contributed by atoms with E-state index in [0.717, 1.165) is 30.0 Å². The van der Waals surface area contributed by atoms with Gasteiger partial charge >= 0.3 is 0 Å². The molecule has 98 valence electrons. The van der Waals surface area contributed by atoms with Gasteiger partial charge in [-0.05, 0) is 12.1 Å². The molecule has 0 saturated heterocycles. The van der Waals surface area contributed by atoms with Crippen molar-refractivity contribution in [2.75, 3.05) is 25.3 Å². The average molecular weight is 256 g/mol. The van der Waals surface area contributed by atoms with Gasteiger partial charge in [0.05, 0.1) is 25.0 Å². The maximum absolute atomic E-state index is 5.16. The number of methoxy groups -OCH3 is 1. The predicted molar refractivity (Wildman–Crippen MR) is 73.3 cm³/mol. The van der Waals surface area contributed by atoms with Crippen LogP contribution in [0.3, 0.4) is 0 Å². The number of allylic oxidation sites excluding steroid dienone is 1. The second-order valence-corrected chi connectivity index (χ2v) is 4.35. The zero-order valence-corrected chi connectivity index (χ0v) is 10.9. The number of pyridine rings is 1. The first-order valence-electron chi connectivity index (χ1n) is 6.29. The Morgan fingerprint density at radius 2 is 2.16 bits per heavy atom. The number of aromatic nitrogens is 3. The van der Waals surface area contributed by atoms with Gasteiger partial charge in [0.25, 0.3) is 0 Å². The van der Waals surface area contributed by atoms with Crippen LogP contribution in [0.15, 0.2) is 43.0 Å². The maximum Gasteiger partial charge on any atom is 0.132 e. The van der Waals surface area contributed by atoms with Crippen LogP contribution in [0.1, 0.15) is 5.82 Å². The van der Waals surface area contributed by atoms with Crippen LogP contribution in [-0.2, 0) is 11.2 Å². The number of hydrogen-bond acceptors (Lipinski definition) is 4. The van der Waals surface area contributed by atoms with E-state index < -0.39 is 0 Å². The van der Waals surface area contributed by atoms with Crippen LogP contribution in [0.25, 0.3) is 11.3 Å². The summed E-state index contributed by atoms with van der Waals surface area (Å²) in [5.74, 6) is 1.05. The number of rotatable bonds is 4. The Kier molecular flexibility index (Phi) is 3.29. The Bertz CT molecular complexity index is 576. The van der Waals surface area contributed by atoms with Gasteiger partial charge in [-0.2, -0.15) is 0 Å². The van der Waals surface area contributed by atoms with Crippen molar-refractivity contribution >= 4 is 0 Å². The van der Waals surface area contributed by atoms with Gasteiger partial charge in [-0.25, -0.2) is 9.66 Å². The molecular weight excluding hydrogens is 240 g/mol. The minimum Gasteiger partial charge on any atom is -0.383 e. The smallest absolute Gasteiger partial charge is 0.132 e. The molecule has 2 aromatic heterocycles. The van der Waals surface area contributed by atoms with Gasteiger partial charge in [0, 0.05) is 37.7 Å². The third kappa shape index (κ3) is 2.24. The molecule has 0 N–H and O–H groups in total. The van der Waals surface area contributed by atoms with Gasteiger partial charge in [-0.15, -0.1) is 0 Å². The van der Waals surface area contributed by atoms with E-state index in [9.17, 15) is 0 Å². The number of ether oxygens (including phenoxy) is 1. The van der Waals surface area contributed by atoms with Crippen molar-refractivity contribution < 1.29 is 4.74 Å². The third-order valence-electron chi connectivity index (χ3n) is 3.14. The van der Waals surface area contributed by atoms with E-state index in [4.69, 9.17) is 4.74 Å². The average Bonchev–Trinajstić information content (AvgIpc) is 2.90. The zero-order valence-electron chi connectivity index (χ0n) is 10.9. The Hall–Kier alpha value is -2.14. The van der Waals surface area contributed by atoms with Gasteiger partial charge < -0.3 is 4.74 Å². The molecule has 0 spiro atoms. The second kappa shape index (κ2) is 5.24. The molecule has 0 saturated carbocycles. The first-order valence-corrected chi connectivity index (χ1v) is 6.29. The second-order valence-electron chi connectivity index (χ2n) is 4.35. The Labute approximate surface area is 112 Å². The van der Waals surface area contributed by atoms with E-state index in [-0.39, 0.29) is 0 Å². The lowest BCUT2D eigenvalue weighted by Crippen LogP contribution is -2.36. The molecule has 1 aliphatic heterocycles. The molecule has 0 amide bonds. The number of imidazole rings is 1. The summed E-state index contributed by atoms with van der Waals surface area (Å²) in [5.41, 5.74) is 2.20. The largest absolute Gasteiger partial charge is 0.383 e. The van der Waals surface area contributed by atoms with Gasteiger partial charge in [0.1, 0.15) is 5.82 Å². The van der Waals surface area contributed by atoms with E-state index in [1.165, 1.54) is 0 Å². The van der Waals surface area contributed by atoms with Crippen LogP contribution in [0, 0.1) is 0 Å². The molecule has 1 aliphatic rings. The van der Waals surface area contributed by atoms with Crippen molar-refractivity contribution in [1.82, 2.24) is 14.6 Å². The molecule has 0 fully saturated rings. The van der Waals surface area contributed by atoms with Crippen molar-refractivity contribution in [3.8, 4) is 11.3 Å². The molecule has 2 aromatic rings. The van der Waals surface area contributed by atoms with Crippen LogP contribution < -0.4 is 5.01 Å². The van der Waals surface area contributed by atoms with E-state index in [2.05, 4.69) is 31.9 Å². The topological polar surface area (TPSA) is 43.2 Å². The summed E-state index contributed by atoms with van der Waals surface area (Å²) in [4.78, 5) is 8.56. The Morgan fingerprint density at radius 3 is 2.95 bits per heavy atom. The SMILES string of the molecule is COCCN1C=CCc2ncc(-c3ccncc3)n21. The summed E-state index contributed by atoms with van der Waals surface area (Å²) < 4.78 is 7.31. The normalized spacial score (nSPS) is 13.6. The van der Waals surface area contributed by atoms with E-state index in [1.54, 1.807) is 19.5 Å². The van der Waals surface area contributed by atoms with Gasteiger partial charge in [0.2, 0.25) is 0 Å². The molecule has 0 atom stereocenters. The minimum atomic E-state index is 0.678. The highest BCUT2D eigenvalue weighted by Gasteiger charge is 2.17. The molecule has 0 aromatic carbocycles. The quantitative estimate of drug-likeness (QED) is 0.833. The standard InChI is InChI=1S/C14H16N4O/c1-19-10-9-17-8-2-3-14-16-11-13(18(14)17)12-4-6-15-7-5-12/h2,4-8,11H,3,9-10H2,1H3. The van der Waals surface area contributed by atoms with Crippen LogP contribution in [0.4, 0.5) is 0 Å². The first-order chi connectivity index (χ1) is 9.40. The first kappa shape index (κ1) is 11.9. The molecule has 3 rings (SSSR count). The molecule has 0 unspecified atom stereocenters. The Morgan fingerprint density at radius 1 is 1.32 bits per heavy atom. The molecule has 0 radical (unpaired) electrons. The fourth-order valence-electron chi connectivity index (χ4n) is 2.24. The maximum atomic E-state index is 5.16. The summed E-state index contributed by atoms with van der Waals surface area (Å²) >= 11 is 0. The van der Waals surface area contributed by atoms with E-state index in [1.807, 2.05) is 18.3 Å². The molecule has 0 bridgehead atoms. The number of nitrogens with zero attached hydrogens (tertiary/aromatic N) is 4. The molecule has 3 heterocycles. The van der Waals surface area contributed by atoms with E-state index in [0.29, 0.717) is 6.61 Å². The summed E-state index contributed by atoms with van der Waals surface area (Å²) in [7, 11) is 1.71. The molecule has 5 nitrogen and oxygen atoms in total. The van der Waals surface area contributed by atoms with Crippen molar-refractivity contribution in [2.24, 2.45) is 0 Å². The van der Waals surface area contributed by atoms with Crippen molar-refractivity contribution in [3.63, 3.8) is 0 Å². The van der Waals surface area contributed by atoms with Gasteiger partial charge in [-0.1, -0.05) is 6.08 Å². The fraction of sp³-hybridized carbons (Fsp3) is 0.286. The summed E-state index contributed by atoms with van der Waals surface area (Å²) in [6.07, 6.45) is 10.6. The van der Waals surface area contributed by atoms with Crippen LogP contribution in [0.2, 0.25) is 0 Å². The summed E-state index contributed by atoms with van der Waals surface area (Å²) in [6.45, 7) is 1.48. The van der Waals surface area contributed by atoms with Crippen molar-refractivity contribution in [2.45, 2.75) is 6.42 Å². The predicted octanol–water partition coefficient (Wildman–Crippen LogP) is 1.60. The molecule has 5 heteroatoms. The fourth-order valence-corrected chi connectivity index (χ4v) is 2.24. The van der Waals surface area contributed by atoms with Gasteiger partial charge in [-0.3, -0.25) is 9.99 Å². The van der Waals surface area contributed by atoms with Crippen molar-refractivity contribution in [1.29, 1.82) is 0 Å². The molecule has 19 heavy (non-hydrogen) atoms. The molecular formula is C14H16N4O. The minimum absolute atomic E-state index is 0.678. The third-order valence-corrected chi connectivity index (χ3v) is 3.14. The Balaban J connectivity index is 1.99. The lowest BCUT2D eigenvalue weighted by molar-refractivity contribution is 0.202. The van der Waals surface area contributed by atoms with Crippen LogP contribution in [-0.4, -0.2) is 34.9 Å². The number of fused-ring (bicyclic) bond motifs is 1.